The molecule has 1 saturated carbocycles. The van der Waals surface area contributed by atoms with Crippen molar-refractivity contribution in [2.45, 2.75) is 39.0 Å². The Morgan fingerprint density at radius 3 is 2.14 bits per heavy atom. The quantitative estimate of drug-likeness (QED) is 0.649. The molecule has 2 aliphatic carbocycles. The Bertz CT molecular complexity index is 1120. The van der Waals surface area contributed by atoms with Gasteiger partial charge in [-0.3, -0.25) is 9.59 Å². The van der Waals surface area contributed by atoms with Gasteiger partial charge in [-0.1, -0.05) is 48.5 Å². The van der Waals surface area contributed by atoms with E-state index in [1.54, 1.807) is 0 Å². The van der Waals surface area contributed by atoms with Crippen LogP contribution in [-0.4, -0.2) is 54.2 Å². The topological polar surface area (TPSA) is 95.9 Å². The molecule has 0 aromatic heterocycles. The van der Waals surface area contributed by atoms with Gasteiger partial charge < -0.3 is 20.1 Å². The smallest absolute Gasteiger partial charge is 0.407 e. The van der Waals surface area contributed by atoms with E-state index in [-0.39, 0.29) is 36.3 Å². The number of carbonyl (C=O) groups excluding carboxylic acids is 2. The molecule has 1 aliphatic heterocycles. The number of piperidine rings is 1. The Morgan fingerprint density at radius 2 is 1.60 bits per heavy atom. The summed E-state index contributed by atoms with van der Waals surface area (Å²) in [5.41, 5.74) is 3.75. The summed E-state index contributed by atoms with van der Waals surface area (Å²) in [6.45, 7) is 5.17. The van der Waals surface area contributed by atoms with E-state index in [2.05, 4.69) is 29.6 Å². The monoisotopic (exact) mass is 476 g/mol. The second-order valence-corrected chi connectivity index (χ2v) is 10.8. The maximum absolute atomic E-state index is 13.1. The minimum atomic E-state index is -0.786. The maximum atomic E-state index is 13.1. The molecule has 0 radical (unpaired) electrons. The van der Waals surface area contributed by atoms with Crippen LogP contribution < -0.4 is 5.32 Å². The fourth-order valence-corrected chi connectivity index (χ4v) is 5.85. The first-order valence-electron chi connectivity index (χ1n) is 12.3. The van der Waals surface area contributed by atoms with Crippen molar-refractivity contribution in [3.8, 4) is 11.1 Å². The van der Waals surface area contributed by atoms with E-state index in [9.17, 15) is 19.5 Å². The van der Waals surface area contributed by atoms with Crippen LogP contribution in [-0.2, 0) is 14.3 Å². The van der Waals surface area contributed by atoms with Crippen LogP contribution in [0.15, 0.2) is 48.5 Å². The third kappa shape index (κ3) is 4.28. The number of nitrogens with zero attached hydrogens (tertiary/aromatic N) is 1. The van der Waals surface area contributed by atoms with Crippen molar-refractivity contribution in [1.82, 2.24) is 10.2 Å². The summed E-state index contributed by atoms with van der Waals surface area (Å²) >= 11 is 0. The number of carboxylic acid groups (broad SMARTS) is 1. The maximum Gasteiger partial charge on any atom is 0.407 e. The van der Waals surface area contributed by atoms with Crippen LogP contribution in [0.1, 0.15) is 50.2 Å². The van der Waals surface area contributed by atoms with Gasteiger partial charge in [0.2, 0.25) is 5.91 Å². The van der Waals surface area contributed by atoms with Crippen LogP contribution in [0.5, 0.6) is 0 Å². The number of amides is 2. The number of carboxylic acids is 1. The van der Waals surface area contributed by atoms with Gasteiger partial charge in [0, 0.05) is 25.6 Å². The van der Waals surface area contributed by atoms with Crippen molar-refractivity contribution in [3.05, 3.63) is 59.7 Å². The van der Waals surface area contributed by atoms with Crippen LogP contribution in [0.4, 0.5) is 4.79 Å². The lowest BCUT2D eigenvalue weighted by Gasteiger charge is -2.37. The highest BCUT2D eigenvalue weighted by Gasteiger charge is 2.59. The molecular weight excluding hydrogens is 444 g/mol. The van der Waals surface area contributed by atoms with Gasteiger partial charge in [-0.25, -0.2) is 4.79 Å². The van der Waals surface area contributed by atoms with Crippen LogP contribution >= 0.6 is 0 Å². The lowest BCUT2D eigenvalue weighted by Crippen LogP contribution is -2.50. The molecule has 2 N–H and O–H groups in total. The molecule has 184 valence electrons. The molecule has 3 aliphatic rings. The van der Waals surface area contributed by atoms with Crippen molar-refractivity contribution in [2.24, 2.45) is 16.7 Å². The lowest BCUT2D eigenvalue weighted by atomic mass is 9.87. The second-order valence-electron chi connectivity index (χ2n) is 10.8. The van der Waals surface area contributed by atoms with E-state index in [1.165, 1.54) is 11.1 Å². The Morgan fingerprint density at radius 1 is 1.03 bits per heavy atom. The number of carbonyl (C=O) groups is 3. The largest absolute Gasteiger partial charge is 0.481 e. The van der Waals surface area contributed by atoms with Crippen molar-refractivity contribution in [2.75, 3.05) is 26.2 Å². The van der Waals surface area contributed by atoms with Gasteiger partial charge in [0.15, 0.2) is 0 Å². The first-order chi connectivity index (χ1) is 16.7. The van der Waals surface area contributed by atoms with E-state index in [1.807, 2.05) is 43.0 Å². The van der Waals surface area contributed by atoms with Crippen LogP contribution in [0.3, 0.4) is 0 Å². The lowest BCUT2D eigenvalue weighted by molar-refractivity contribution is -0.142. The van der Waals surface area contributed by atoms with E-state index in [0.717, 1.165) is 30.4 Å². The first kappa shape index (κ1) is 23.4. The highest BCUT2D eigenvalue weighted by atomic mass is 16.5. The number of likely N-dealkylation sites (tertiary alicyclic amines) is 1. The van der Waals surface area contributed by atoms with Gasteiger partial charge in [-0.15, -0.1) is 0 Å². The van der Waals surface area contributed by atoms with E-state index in [4.69, 9.17) is 4.74 Å². The second kappa shape index (κ2) is 8.70. The van der Waals surface area contributed by atoms with Crippen molar-refractivity contribution in [1.29, 1.82) is 0 Å². The minimum absolute atomic E-state index is 0.0134. The third-order valence-corrected chi connectivity index (χ3v) is 8.13. The third-order valence-electron chi connectivity index (χ3n) is 8.13. The van der Waals surface area contributed by atoms with E-state index >= 15 is 0 Å². The summed E-state index contributed by atoms with van der Waals surface area (Å²) in [4.78, 5) is 38.8. The number of rotatable bonds is 6. The molecule has 7 heteroatoms. The SMILES string of the molecule is CC(C)(CNC(=O)OCC1c2ccccc2-c2ccccc21)C(=O)N1CCC2(CC1)CC2C(=O)O. The summed E-state index contributed by atoms with van der Waals surface area (Å²) in [7, 11) is 0. The number of ether oxygens (including phenoxy) is 1. The molecule has 1 heterocycles. The van der Waals surface area contributed by atoms with Crippen molar-refractivity contribution in [3.63, 3.8) is 0 Å². The fraction of sp³-hybridized carbons (Fsp3) is 0.464. The van der Waals surface area contributed by atoms with Gasteiger partial charge >= 0.3 is 12.1 Å². The zero-order valence-electron chi connectivity index (χ0n) is 20.3. The molecular formula is C28H32N2O5. The molecule has 1 atom stereocenters. The average molecular weight is 477 g/mol. The van der Waals surface area contributed by atoms with Crippen LogP contribution in [0.25, 0.3) is 11.1 Å². The van der Waals surface area contributed by atoms with E-state index in [0.29, 0.717) is 13.1 Å². The average Bonchev–Trinajstić information content (AvgIpc) is 3.47. The van der Waals surface area contributed by atoms with Gasteiger partial charge in [0.25, 0.3) is 0 Å². The summed E-state index contributed by atoms with van der Waals surface area (Å²) in [5.74, 6) is -1.03. The number of hydrogen-bond acceptors (Lipinski definition) is 4. The number of benzene rings is 2. The van der Waals surface area contributed by atoms with Gasteiger partial charge in [0.1, 0.15) is 6.61 Å². The zero-order valence-corrected chi connectivity index (χ0v) is 20.3. The van der Waals surface area contributed by atoms with Crippen molar-refractivity contribution >= 4 is 18.0 Å². The highest BCUT2D eigenvalue weighted by molar-refractivity contribution is 5.83. The molecule has 7 nitrogen and oxygen atoms in total. The van der Waals surface area contributed by atoms with Gasteiger partial charge in [0.05, 0.1) is 11.3 Å². The molecule has 0 bridgehead atoms. The molecule has 2 aromatic rings. The van der Waals surface area contributed by atoms with Gasteiger partial charge in [-0.2, -0.15) is 0 Å². The number of alkyl carbamates (subject to hydrolysis) is 1. The normalized spacial score (nSPS) is 20.2. The minimum Gasteiger partial charge on any atom is -0.481 e. The Labute approximate surface area is 205 Å². The molecule has 1 saturated heterocycles. The van der Waals surface area contributed by atoms with Crippen LogP contribution in [0.2, 0.25) is 0 Å². The number of aliphatic carboxylic acids is 1. The molecule has 2 aromatic carbocycles. The molecule has 1 spiro atoms. The Balaban J connectivity index is 1.13. The zero-order chi connectivity index (χ0) is 24.8. The Kier molecular flexibility index (Phi) is 5.82. The van der Waals surface area contributed by atoms with Crippen LogP contribution in [0, 0.1) is 16.7 Å². The molecule has 35 heavy (non-hydrogen) atoms. The summed E-state index contributed by atoms with van der Waals surface area (Å²) in [6.07, 6.45) is 1.64. The molecule has 2 fully saturated rings. The Hall–Kier alpha value is -3.35. The molecule has 5 rings (SSSR count). The summed E-state index contributed by atoms with van der Waals surface area (Å²) in [6, 6.07) is 16.4. The van der Waals surface area contributed by atoms with E-state index < -0.39 is 17.5 Å². The number of hydrogen-bond donors (Lipinski definition) is 2. The number of nitrogens with one attached hydrogen (secondary N) is 1. The standard InChI is InChI=1S/C28H32N2O5/c1-27(2,25(33)30-13-11-28(12-14-30)15-23(28)24(31)32)17-29-26(34)35-16-22-20-9-5-3-7-18(20)19-8-4-6-10-21(19)22/h3-10,22-23H,11-17H2,1-2H3,(H,29,34)(H,31,32). The molecule has 1 unspecified atom stereocenters. The summed E-state index contributed by atoms with van der Waals surface area (Å²) < 4.78 is 5.60. The van der Waals surface area contributed by atoms with Crippen molar-refractivity contribution < 1.29 is 24.2 Å². The highest BCUT2D eigenvalue weighted by Crippen LogP contribution is 2.59. The fourth-order valence-electron chi connectivity index (χ4n) is 5.85. The predicted octanol–water partition coefficient (Wildman–Crippen LogP) is 4.26. The molecule has 2 amide bonds. The first-order valence-corrected chi connectivity index (χ1v) is 12.3. The summed E-state index contributed by atoms with van der Waals surface area (Å²) in [5, 5.41) is 12.1. The number of fused-ring (bicyclic) bond motifs is 3. The van der Waals surface area contributed by atoms with Gasteiger partial charge in [-0.05, 0) is 60.8 Å². The predicted molar refractivity (Wildman–Crippen MR) is 131 cm³/mol.